The van der Waals surface area contributed by atoms with E-state index in [0.717, 1.165) is 15.4 Å². The summed E-state index contributed by atoms with van der Waals surface area (Å²) < 4.78 is 20.2. The summed E-state index contributed by atoms with van der Waals surface area (Å²) in [5.41, 5.74) is 1.14. The Kier molecular flexibility index (Phi) is 4.81. The predicted octanol–water partition coefficient (Wildman–Crippen LogP) is 6.04. The molecule has 0 atom stereocenters. The molecule has 0 aliphatic rings. The zero-order chi connectivity index (χ0) is 13.1. The van der Waals surface area contributed by atoms with Gasteiger partial charge in [0.15, 0.2) is 0 Å². The maximum Gasteiger partial charge on any atom is 0.141 e. The molecule has 2 aromatic carbocycles. The molecule has 0 aliphatic heterocycles. The van der Waals surface area contributed by atoms with Gasteiger partial charge in [0.25, 0.3) is 0 Å². The van der Waals surface area contributed by atoms with Gasteiger partial charge in [-0.25, -0.2) is 4.39 Å². The number of ether oxygens (including phenoxy) is 1. The molecule has 0 saturated heterocycles. The molecule has 5 heteroatoms. The number of rotatable bonds is 3. The fourth-order valence-electron chi connectivity index (χ4n) is 1.38. The van der Waals surface area contributed by atoms with Crippen LogP contribution in [0, 0.1) is 5.82 Å². The fourth-order valence-corrected chi connectivity index (χ4v) is 2.48. The van der Waals surface area contributed by atoms with Gasteiger partial charge >= 0.3 is 0 Å². The zero-order valence-electron chi connectivity index (χ0n) is 9.09. The summed E-state index contributed by atoms with van der Waals surface area (Å²) in [5.74, 6) is 0.769. The molecule has 0 heterocycles. The molecule has 0 N–H and O–H groups in total. The number of benzene rings is 2. The molecule has 0 aliphatic carbocycles. The lowest BCUT2D eigenvalue weighted by atomic mass is 10.2. The number of halogens is 4. The minimum Gasteiger partial charge on any atom is -0.456 e. The topological polar surface area (TPSA) is 9.23 Å². The van der Waals surface area contributed by atoms with Crippen LogP contribution < -0.4 is 4.74 Å². The number of alkyl halides is 1. The Morgan fingerprint density at radius 2 is 1.78 bits per heavy atom. The minimum absolute atomic E-state index is 0.347. The monoisotopic (exact) mass is 436 g/mol. The first kappa shape index (κ1) is 14.0. The van der Waals surface area contributed by atoms with E-state index in [1.54, 1.807) is 12.1 Å². The third-order valence-corrected chi connectivity index (χ3v) is 4.18. The second kappa shape index (κ2) is 6.17. The second-order valence-electron chi connectivity index (χ2n) is 3.58. The smallest absolute Gasteiger partial charge is 0.141 e. The molecular weight excluding hydrogens is 431 g/mol. The standard InChI is InChI=1S/C13H8Br3FO/c14-7-8-1-4-13(11(16)5-8)18-9-2-3-10(15)12(17)6-9/h1-6H,7H2. The van der Waals surface area contributed by atoms with E-state index in [4.69, 9.17) is 4.74 Å². The molecule has 0 fully saturated rings. The van der Waals surface area contributed by atoms with Gasteiger partial charge in [-0.2, -0.15) is 0 Å². The molecule has 0 bridgehead atoms. The first-order valence-corrected chi connectivity index (χ1v) is 7.78. The van der Waals surface area contributed by atoms with E-state index < -0.39 is 0 Å². The van der Waals surface area contributed by atoms with Crippen LogP contribution in [0.25, 0.3) is 0 Å². The maximum atomic E-state index is 13.4. The summed E-state index contributed by atoms with van der Waals surface area (Å²) in [6.07, 6.45) is 0. The van der Waals surface area contributed by atoms with E-state index in [2.05, 4.69) is 47.8 Å². The Morgan fingerprint density at radius 1 is 1.00 bits per heavy atom. The Bertz CT molecular complexity index is 572. The average Bonchev–Trinajstić information content (AvgIpc) is 2.36. The van der Waals surface area contributed by atoms with E-state index in [9.17, 15) is 4.39 Å². The van der Waals surface area contributed by atoms with Gasteiger partial charge in [-0.15, -0.1) is 0 Å². The lowest BCUT2D eigenvalue weighted by Gasteiger charge is -2.09. The second-order valence-corrected chi connectivity index (χ2v) is 5.85. The first-order valence-electron chi connectivity index (χ1n) is 5.07. The van der Waals surface area contributed by atoms with Gasteiger partial charge in [-0.1, -0.05) is 22.0 Å². The van der Waals surface area contributed by atoms with Crippen LogP contribution in [0.2, 0.25) is 0 Å². The normalized spacial score (nSPS) is 10.4. The highest BCUT2D eigenvalue weighted by atomic mass is 79.9. The number of hydrogen-bond donors (Lipinski definition) is 0. The van der Waals surface area contributed by atoms with Crippen LogP contribution >= 0.6 is 47.8 Å². The summed E-state index contributed by atoms with van der Waals surface area (Å²) >= 11 is 9.92. The molecule has 1 nitrogen and oxygen atoms in total. The van der Waals surface area contributed by atoms with Crippen LogP contribution in [-0.2, 0) is 5.33 Å². The zero-order valence-corrected chi connectivity index (χ0v) is 13.8. The quantitative estimate of drug-likeness (QED) is 0.531. The van der Waals surface area contributed by atoms with Crippen molar-refractivity contribution in [2.75, 3.05) is 0 Å². The lowest BCUT2D eigenvalue weighted by Crippen LogP contribution is -1.88. The predicted molar refractivity (Wildman–Crippen MR) is 80.9 cm³/mol. The highest BCUT2D eigenvalue weighted by Gasteiger charge is 2.06. The Hall–Kier alpha value is -0.390. The van der Waals surface area contributed by atoms with E-state index in [1.165, 1.54) is 6.07 Å². The van der Waals surface area contributed by atoms with Crippen molar-refractivity contribution in [1.82, 2.24) is 0 Å². The summed E-state index contributed by atoms with van der Waals surface area (Å²) in [7, 11) is 0. The Labute approximate surface area is 130 Å². The molecule has 0 aromatic heterocycles. The summed E-state index contributed by atoms with van der Waals surface area (Å²) in [6, 6.07) is 10.4. The molecule has 94 valence electrons. The third kappa shape index (κ3) is 3.33. The van der Waals surface area contributed by atoms with E-state index in [0.29, 0.717) is 16.0 Å². The molecule has 0 unspecified atom stereocenters. The van der Waals surface area contributed by atoms with Gasteiger partial charge in [0.2, 0.25) is 0 Å². The van der Waals surface area contributed by atoms with E-state index in [-0.39, 0.29) is 5.82 Å². The molecular formula is C13H8Br3FO. The van der Waals surface area contributed by atoms with Crippen molar-refractivity contribution in [2.45, 2.75) is 5.33 Å². The van der Waals surface area contributed by atoms with Gasteiger partial charge < -0.3 is 4.74 Å². The van der Waals surface area contributed by atoms with Gasteiger partial charge in [0.05, 0.1) is 8.95 Å². The lowest BCUT2D eigenvalue weighted by molar-refractivity contribution is 0.473. The summed E-state index contributed by atoms with van der Waals surface area (Å²) in [6.45, 7) is 0. The highest BCUT2D eigenvalue weighted by molar-refractivity contribution is 9.11. The molecule has 0 saturated carbocycles. The molecule has 18 heavy (non-hydrogen) atoms. The van der Waals surface area contributed by atoms with Crippen LogP contribution in [0.3, 0.4) is 0 Å². The van der Waals surface area contributed by atoms with Gasteiger partial charge in [0.1, 0.15) is 17.3 Å². The van der Waals surface area contributed by atoms with Crippen molar-refractivity contribution in [3.8, 4) is 11.5 Å². The van der Waals surface area contributed by atoms with E-state index >= 15 is 0 Å². The van der Waals surface area contributed by atoms with Crippen LogP contribution in [0.1, 0.15) is 5.56 Å². The van der Waals surface area contributed by atoms with Crippen molar-refractivity contribution in [3.05, 3.63) is 56.7 Å². The Balaban J connectivity index is 2.25. The van der Waals surface area contributed by atoms with Crippen molar-refractivity contribution < 1.29 is 9.13 Å². The SMILES string of the molecule is Fc1cc(Oc2ccc(CBr)cc2Br)ccc1Br. The van der Waals surface area contributed by atoms with Crippen LogP contribution in [-0.4, -0.2) is 0 Å². The average molecular weight is 439 g/mol. The molecule has 2 aromatic rings. The van der Waals surface area contributed by atoms with Crippen LogP contribution in [0.15, 0.2) is 45.3 Å². The van der Waals surface area contributed by atoms with Crippen molar-refractivity contribution in [1.29, 1.82) is 0 Å². The molecule has 2 rings (SSSR count). The maximum absolute atomic E-state index is 13.4. The largest absolute Gasteiger partial charge is 0.456 e. The van der Waals surface area contributed by atoms with Crippen LogP contribution in [0.5, 0.6) is 11.5 Å². The summed E-state index contributed by atoms with van der Waals surface area (Å²) in [4.78, 5) is 0. The van der Waals surface area contributed by atoms with Crippen LogP contribution in [0.4, 0.5) is 4.39 Å². The highest BCUT2D eigenvalue weighted by Crippen LogP contribution is 2.32. The van der Waals surface area contributed by atoms with Crippen molar-refractivity contribution in [2.24, 2.45) is 0 Å². The fraction of sp³-hybridized carbons (Fsp3) is 0.0769. The van der Waals surface area contributed by atoms with Crippen molar-refractivity contribution >= 4 is 47.8 Å². The molecule has 0 amide bonds. The van der Waals surface area contributed by atoms with Gasteiger partial charge in [0, 0.05) is 11.4 Å². The Morgan fingerprint density at radius 3 is 2.39 bits per heavy atom. The summed E-state index contributed by atoms with van der Waals surface area (Å²) in [5, 5.41) is 0.777. The third-order valence-electron chi connectivity index (χ3n) is 2.27. The van der Waals surface area contributed by atoms with E-state index in [1.807, 2.05) is 18.2 Å². The van der Waals surface area contributed by atoms with Gasteiger partial charge in [-0.3, -0.25) is 0 Å². The minimum atomic E-state index is -0.347. The molecule has 0 spiro atoms. The van der Waals surface area contributed by atoms with Crippen molar-refractivity contribution in [3.63, 3.8) is 0 Å². The number of hydrogen-bond acceptors (Lipinski definition) is 1. The molecule has 0 radical (unpaired) electrons. The first-order chi connectivity index (χ1) is 8.60. The van der Waals surface area contributed by atoms with Gasteiger partial charge in [-0.05, 0) is 61.7 Å².